The number of aromatic nitrogens is 1. The summed E-state index contributed by atoms with van der Waals surface area (Å²) in [6, 6.07) is 7.78. The van der Waals surface area contributed by atoms with E-state index in [0.29, 0.717) is 19.4 Å². The first-order valence-electron chi connectivity index (χ1n) is 7.25. The van der Waals surface area contributed by atoms with Crippen molar-refractivity contribution in [2.24, 2.45) is 5.41 Å². The zero-order valence-electron chi connectivity index (χ0n) is 14.1. The predicted molar refractivity (Wildman–Crippen MR) is 85.8 cm³/mol. The summed E-state index contributed by atoms with van der Waals surface area (Å²) in [6.07, 6.45) is 1.21. The number of hydrogen-bond acceptors (Lipinski definition) is 5. The van der Waals surface area contributed by atoms with Crippen molar-refractivity contribution in [2.75, 3.05) is 6.61 Å². The molecule has 0 fully saturated rings. The summed E-state index contributed by atoms with van der Waals surface area (Å²) in [5.41, 5.74) is 1.23. The third kappa shape index (κ3) is 5.92. The monoisotopic (exact) mass is 341 g/mol. The number of nitrogens with zero attached hydrogens (tertiary/aromatic N) is 1. The Morgan fingerprint density at radius 3 is 2.48 bits per heavy atom. The fourth-order valence-corrected chi connectivity index (χ4v) is 2.65. The Bertz CT molecular complexity index is 638. The molecule has 0 N–H and O–H groups in total. The molecule has 2 rings (SSSR count). The molecule has 0 radical (unpaired) electrons. The van der Waals surface area contributed by atoms with E-state index >= 15 is 0 Å². The first-order chi connectivity index (χ1) is 10.4. The van der Waals surface area contributed by atoms with Gasteiger partial charge in [0.2, 0.25) is 0 Å². The van der Waals surface area contributed by atoms with E-state index in [1.165, 1.54) is 0 Å². The van der Waals surface area contributed by atoms with Crippen LogP contribution in [0.4, 0.5) is 0 Å². The van der Waals surface area contributed by atoms with Gasteiger partial charge in [0.1, 0.15) is 5.75 Å². The van der Waals surface area contributed by atoms with Gasteiger partial charge in [-0.25, -0.2) is 4.98 Å². The molecule has 0 saturated heterocycles. The number of aryl methyl sites for hydroxylation is 1. The fourth-order valence-electron chi connectivity index (χ4n) is 2.02. The molecule has 0 spiro atoms. The first-order valence-corrected chi connectivity index (χ1v) is 8.13. The summed E-state index contributed by atoms with van der Waals surface area (Å²) in [5, 5.41) is 14.0. The van der Waals surface area contributed by atoms with Gasteiger partial charge in [-0.1, -0.05) is 13.8 Å². The maximum absolute atomic E-state index is 10.9. The number of carbonyl (C=O) groups is 1. The van der Waals surface area contributed by atoms with Crippen molar-refractivity contribution in [2.45, 2.75) is 33.6 Å². The van der Waals surface area contributed by atoms with Crippen LogP contribution in [0.15, 0.2) is 29.6 Å². The molecular formula is C17H20NNaO3S. The van der Waals surface area contributed by atoms with E-state index in [9.17, 15) is 9.90 Å². The third-order valence-corrected chi connectivity index (χ3v) is 4.31. The van der Waals surface area contributed by atoms with E-state index in [2.05, 4.69) is 4.98 Å². The first kappa shape index (κ1) is 20.2. The van der Waals surface area contributed by atoms with Gasteiger partial charge in [-0.05, 0) is 44.0 Å². The van der Waals surface area contributed by atoms with Crippen LogP contribution < -0.4 is 39.4 Å². The molecule has 0 amide bonds. The zero-order chi connectivity index (χ0) is 16.2. The zero-order valence-corrected chi connectivity index (χ0v) is 16.9. The maximum Gasteiger partial charge on any atom is 1.00 e. The van der Waals surface area contributed by atoms with Gasteiger partial charge in [-0.3, -0.25) is 0 Å². The molecule has 1 aromatic heterocycles. The van der Waals surface area contributed by atoms with Crippen molar-refractivity contribution in [1.82, 2.24) is 4.98 Å². The van der Waals surface area contributed by atoms with Crippen LogP contribution in [0, 0.1) is 12.3 Å². The molecule has 0 saturated carbocycles. The molecule has 6 heteroatoms. The largest absolute Gasteiger partial charge is 1.00 e. The molecular weight excluding hydrogens is 321 g/mol. The molecule has 118 valence electrons. The van der Waals surface area contributed by atoms with Gasteiger partial charge in [0.05, 0.1) is 17.3 Å². The minimum absolute atomic E-state index is 0. The SMILES string of the molecule is Cc1nc(-c2ccc(OCCCC(C)(C)C(=O)[O-])cc2)cs1.[Na+]. The Morgan fingerprint density at radius 1 is 1.30 bits per heavy atom. The van der Waals surface area contributed by atoms with E-state index in [0.717, 1.165) is 22.0 Å². The smallest absolute Gasteiger partial charge is 0.550 e. The van der Waals surface area contributed by atoms with Gasteiger partial charge in [0.15, 0.2) is 0 Å². The van der Waals surface area contributed by atoms with Crippen LogP contribution in [-0.4, -0.2) is 17.6 Å². The van der Waals surface area contributed by atoms with Crippen LogP contribution in [0.2, 0.25) is 0 Å². The van der Waals surface area contributed by atoms with Crippen molar-refractivity contribution >= 4 is 17.3 Å². The van der Waals surface area contributed by atoms with E-state index in [4.69, 9.17) is 4.74 Å². The van der Waals surface area contributed by atoms with Crippen LogP contribution in [0.5, 0.6) is 5.75 Å². The van der Waals surface area contributed by atoms with Gasteiger partial charge in [0.25, 0.3) is 0 Å². The number of carbonyl (C=O) groups excluding carboxylic acids is 1. The molecule has 0 aliphatic carbocycles. The Labute approximate surface area is 163 Å². The number of rotatable bonds is 7. The van der Waals surface area contributed by atoms with Crippen LogP contribution in [0.1, 0.15) is 31.7 Å². The molecule has 2 aromatic rings. The van der Waals surface area contributed by atoms with Crippen molar-refractivity contribution < 1.29 is 44.2 Å². The van der Waals surface area contributed by atoms with Gasteiger partial charge in [-0.2, -0.15) is 0 Å². The van der Waals surface area contributed by atoms with Crippen LogP contribution >= 0.6 is 11.3 Å². The van der Waals surface area contributed by atoms with Crippen LogP contribution in [-0.2, 0) is 4.79 Å². The third-order valence-electron chi connectivity index (χ3n) is 3.54. The van der Waals surface area contributed by atoms with E-state index in [-0.39, 0.29) is 29.6 Å². The molecule has 0 aliphatic heterocycles. The number of benzene rings is 1. The number of ether oxygens (including phenoxy) is 1. The normalized spacial score (nSPS) is 10.9. The topological polar surface area (TPSA) is 62.2 Å². The Hall–Kier alpha value is -0.880. The molecule has 23 heavy (non-hydrogen) atoms. The van der Waals surface area contributed by atoms with Gasteiger partial charge >= 0.3 is 29.6 Å². The molecule has 0 unspecified atom stereocenters. The average Bonchev–Trinajstić information content (AvgIpc) is 2.91. The number of thiazole rings is 1. The van der Waals surface area contributed by atoms with Crippen molar-refractivity contribution in [1.29, 1.82) is 0 Å². The van der Waals surface area contributed by atoms with Crippen LogP contribution in [0.25, 0.3) is 11.3 Å². The van der Waals surface area contributed by atoms with Gasteiger partial charge < -0.3 is 14.6 Å². The summed E-state index contributed by atoms with van der Waals surface area (Å²) >= 11 is 1.63. The van der Waals surface area contributed by atoms with E-state index in [1.807, 2.05) is 36.6 Å². The number of hydrogen-bond donors (Lipinski definition) is 0. The summed E-state index contributed by atoms with van der Waals surface area (Å²) < 4.78 is 5.65. The summed E-state index contributed by atoms with van der Waals surface area (Å²) in [4.78, 5) is 15.3. The minimum atomic E-state index is -1.02. The Kier molecular flexibility index (Phi) is 7.74. The molecule has 1 aromatic carbocycles. The quantitative estimate of drug-likeness (QED) is 0.528. The summed E-state index contributed by atoms with van der Waals surface area (Å²) in [6.45, 7) is 5.82. The van der Waals surface area contributed by atoms with E-state index in [1.54, 1.807) is 25.2 Å². The average molecular weight is 341 g/mol. The molecule has 0 atom stereocenters. The van der Waals surface area contributed by atoms with Crippen molar-refractivity contribution in [3.63, 3.8) is 0 Å². The van der Waals surface area contributed by atoms with Crippen LogP contribution in [0.3, 0.4) is 0 Å². The second-order valence-electron chi connectivity index (χ2n) is 5.90. The summed E-state index contributed by atoms with van der Waals surface area (Å²) in [7, 11) is 0. The Morgan fingerprint density at radius 2 is 1.96 bits per heavy atom. The molecule has 1 heterocycles. The second-order valence-corrected chi connectivity index (χ2v) is 6.96. The van der Waals surface area contributed by atoms with Gasteiger partial charge in [0, 0.05) is 22.3 Å². The second kappa shape index (κ2) is 8.83. The fraction of sp³-hybridized carbons (Fsp3) is 0.412. The number of carboxylic acids is 1. The summed E-state index contributed by atoms with van der Waals surface area (Å²) in [5.74, 6) is -0.239. The van der Waals surface area contributed by atoms with E-state index < -0.39 is 11.4 Å². The number of carboxylic acid groups (broad SMARTS) is 1. The molecule has 0 bridgehead atoms. The standard InChI is InChI=1S/C17H21NO3S.Na/c1-12-18-15(11-22-12)13-5-7-14(8-6-13)21-10-4-9-17(2,3)16(19)20;/h5-8,11H,4,9-10H2,1-3H3,(H,19,20);/q;+1/p-1. The number of aliphatic carboxylic acids is 1. The Balaban J connectivity index is 0.00000264. The maximum atomic E-state index is 10.9. The molecule has 0 aliphatic rings. The predicted octanol–water partition coefficient (Wildman–Crippen LogP) is 0.0576. The minimum Gasteiger partial charge on any atom is -0.550 e. The van der Waals surface area contributed by atoms with Crippen molar-refractivity contribution in [3.05, 3.63) is 34.7 Å². The molecule has 4 nitrogen and oxygen atoms in total. The van der Waals surface area contributed by atoms with Gasteiger partial charge in [-0.15, -0.1) is 11.3 Å². The van der Waals surface area contributed by atoms with Crippen molar-refractivity contribution in [3.8, 4) is 17.0 Å².